The average molecular weight is 577 g/mol. The fraction of sp³-hybridized carbons (Fsp3) is 0.684. The monoisotopic (exact) mass is 576 g/mol. The fourth-order valence-corrected chi connectivity index (χ4v) is 5.23. The van der Waals surface area contributed by atoms with Gasteiger partial charge in [0.2, 0.25) is 0 Å². The van der Waals surface area contributed by atoms with Crippen molar-refractivity contribution < 1.29 is 9.47 Å². The lowest BCUT2D eigenvalue weighted by Gasteiger charge is -2.40. The molecule has 41 heavy (non-hydrogen) atoms. The summed E-state index contributed by atoms with van der Waals surface area (Å²) in [5.41, 5.74) is 7.10. The van der Waals surface area contributed by atoms with Crippen molar-refractivity contribution in [2.75, 3.05) is 0 Å². The van der Waals surface area contributed by atoms with Crippen molar-refractivity contribution >= 4 is 16.3 Å². The van der Waals surface area contributed by atoms with Gasteiger partial charge in [0.15, 0.2) is 0 Å². The summed E-state index contributed by atoms with van der Waals surface area (Å²) in [6.07, 6.45) is 0. The van der Waals surface area contributed by atoms with E-state index in [1.807, 2.05) is 6.92 Å². The van der Waals surface area contributed by atoms with Gasteiger partial charge in [0.05, 0.1) is 0 Å². The zero-order valence-corrected chi connectivity index (χ0v) is 31.4. The molecule has 0 spiro atoms. The van der Waals surface area contributed by atoms with Crippen LogP contribution in [-0.2, 0) is 32.5 Å². The van der Waals surface area contributed by atoms with Crippen LogP contribution in [0.15, 0.2) is 24.3 Å². The second-order valence-corrected chi connectivity index (χ2v) is 19.6. The highest BCUT2D eigenvalue weighted by Crippen LogP contribution is 2.47. The van der Waals surface area contributed by atoms with Crippen LogP contribution in [0, 0.1) is 0 Å². The smallest absolute Gasteiger partial charge is 0.272 e. The molecular weight excluding hydrogens is 515 g/mol. The SMILES string of the molecule is C[C]([Al])(Oc1c(C(C)(C)C)cc(C(C)(C)C)cc1C(C)(C)C)Oc1c(C(C)(C)C)cc(C(C)(C)C)cc1C(C)(C)C. The van der Waals surface area contributed by atoms with E-state index >= 15 is 0 Å². The molecule has 0 unspecified atom stereocenters. The summed E-state index contributed by atoms with van der Waals surface area (Å²) in [6.45, 7) is 43.0. The highest BCUT2D eigenvalue weighted by Gasteiger charge is 2.36. The highest BCUT2D eigenvalue weighted by atomic mass is 27.0. The maximum Gasteiger partial charge on any atom is 0.272 e. The molecule has 2 nitrogen and oxygen atoms in total. The van der Waals surface area contributed by atoms with Crippen LogP contribution >= 0.6 is 0 Å². The van der Waals surface area contributed by atoms with Gasteiger partial charge in [-0.3, -0.25) is 0 Å². The quantitative estimate of drug-likeness (QED) is 0.266. The summed E-state index contributed by atoms with van der Waals surface area (Å²) in [5.74, 6) is 1.85. The highest BCUT2D eigenvalue weighted by molar-refractivity contribution is 6.13. The minimum Gasteiger partial charge on any atom is -0.471 e. The van der Waals surface area contributed by atoms with E-state index < -0.39 is 4.65 Å². The summed E-state index contributed by atoms with van der Waals surface area (Å²) in [4.78, 5) is 0. The van der Waals surface area contributed by atoms with Gasteiger partial charge in [-0.1, -0.05) is 149 Å². The summed E-state index contributed by atoms with van der Waals surface area (Å²) < 4.78 is 13.1. The first-order chi connectivity index (χ1) is 17.9. The molecule has 0 aliphatic rings. The third-order valence-electron chi connectivity index (χ3n) is 7.75. The van der Waals surface area contributed by atoms with E-state index in [2.05, 4.69) is 165 Å². The Morgan fingerprint density at radius 1 is 0.366 bits per heavy atom. The number of ether oxygens (including phenoxy) is 2. The maximum absolute atomic E-state index is 7.06. The average Bonchev–Trinajstić information content (AvgIpc) is 2.68. The van der Waals surface area contributed by atoms with Crippen LogP contribution in [0.5, 0.6) is 11.5 Å². The first-order valence-electron chi connectivity index (χ1n) is 15.4. The van der Waals surface area contributed by atoms with Gasteiger partial charge in [-0.15, -0.1) is 0 Å². The lowest BCUT2D eigenvalue weighted by Crippen LogP contribution is -2.42. The van der Waals surface area contributed by atoms with Gasteiger partial charge < -0.3 is 9.47 Å². The molecule has 0 saturated heterocycles. The molecule has 0 aliphatic heterocycles. The molecule has 2 radical (unpaired) electrons. The van der Waals surface area contributed by atoms with Crippen molar-refractivity contribution in [3.8, 4) is 11.5 Å². The Balaban J connectivity index is 2.89. The Kier molecular flexibility index (Phi) is 9.54. The van der Waals surface area contributed by atoms with E-state index in [1.54, 1.807) is 0 Å². The molecule has 2 aromatic carbocycles. The van der Waals surface area contributed by atoms with E-state index in [0.717, 1.165) is 11.5 Å². The fourth-order valence-electron chi connectivity index (χ4n) is 5.00. The molecule has 0 saturated carbocycles. The minimum absolute atomic E-state index is 0.0251. The van der Waals surface area contributed by atoms with Crippen LogP contribution < -0.4 is 9.47 Å². The van der Waals surface area contributed by atoms with E-state index in [-0.39, 0.29) is 32.5 Å². The van der Waals surface area contributed by atoms with Gasteiger partial charge in [-0.2, -0.15) is 0 Å². The molecule has 0 heterocycles. The van der Waals surface area contributed by atoms with E-state index in [0.29, 0.717) is 0 Å². The van der Waals surface area contributed by atoms with Crippen molar-refractivity contribution in [1.29, 1.82) is 0 Å². The first-order valence-corrected chi connectivity index (χ1v) is 16.0. The summed E-state index contributed by atoms with van der Waals surface area (Å²) in [5, 5.41) is 0. The molecule has 228 valence electrons. The Morgan fingerprint density at radius 3 is 0.707 bits per heavy atom. The Labute approximate surface area is 262 Å². The van der Waals surface area contributed by atoms with Gasteiger partial charge >= 0.3 is 0 Å². The second-order valence-electron chi connectivity index (χ2n) is 18.5. The van der Waals surface area contributed by atoms with Gasteiger partial charge in [0, 0.05) is 22.3 Å². The predicted octanol–water partition coefficient (Wildman–Crippen LogP) is 10.8. The van der Waals surface area contributed by atoms with E-state index in [1.165, 1.54) is 33.4 Å². The maximum atomic E-state index is 7.06. The summed E-state index contributed by atoms with van der Waals surface area (Å²) >= 11 is 2.90. The molecule has 3 heteroatoms. The zero-order valence-electron chi connectivity index (χ0n) is 30.2. The molecule has 0 atom stereocenters. The summed E-state index contributed by atoms with van der Waals surface area (Å²) in [6, 6.07) is 9.41. The normalized spacial score (nSPS) is 14.3. The molecule has 0 fully saturated rings. The largest absolute Gasteiger partial charge is 0.471 e. The molecule has 0 aliphatic carbocycles. The number of rotatable bonds is 4. The molecule has 0 aromatic heterocycles. The van der Waals surface area contributed by atoms with Crippen LogP contribution in [0.4, 0.5) is 0 Å². The molecular formula is C38H61AlO2. The first kappa shape index (κ1) is 35.8. The molecule has 0 bridgehead atoms. The predicted molar refractivity (Wildman–Crippen MR) is 180 cm³/mol. The van der Waals surface area contributed by atoms with Crippen LogP contribution in [0.1, 0.15) is 165 Å². The van der Waals surface area contributed by atoms with Crippen LogP contribution in [0.3, 0.4) is 0 Å². The molecule has 0 N–H and O–H groups in total. The van der Waals surface area contributed by atoms with Gasteiger partial charge in [0.1, 0.15) is 16.1 Å². The van der Waals surface area contributed by atoms with Crippen molar-refractivity contribution in [1.82, 2.24) is 0 Å². The standard InChI is InChI=1S/C38H61O2.Al/c1-24(39-31-27(35(8,9)10)20-25(33(2,3)4)21-28(31)36(11,12)13)40-32-29(37(14,15)16)22-26(34(5,6)7)23-30(32)38(17,18)19;/h20-23H,1-19H3;. The Bertz CT molecular complexity index is 1070. The van der Waals surface area contributed by atoms with Gasteiger partial charge in [0.25, 0.3) is 16.3 Å². The number of hydrogen-bond acceptors (Lipinski definition) is 2. The Hall–Kier alpha value is -1.43. The van der Waals surface area contributed by atoms with Crippen LogP contribution in [0.2, 0.25) is 0 Å². The lowest BCUT2D eigenvalue weighted by molar-refractivity contribution is -0.0263. The lowest BCUT2D eigenvalue weighted by atomic mass is 9.74. The van der Waals surface area contributed by atoms with E-state index in [9.17, 15) is 0 Å². The zero-order chi connectivity index (χ0) is 32.4. The molecule has 2 rings (SSSR count). The number of hydrogen-bond donors (Lipinski definition) is 0. The van der Waals surface area contributed by atoms with Crippen molar-refractivity contribution in [3.63, 3.8) is 0 Å². The molecule has 2 aromatic rings. The topological polar surface area (TPSA) is 18.5 Å². The van der Waals surface area contributed by atoms with E-state index in [4.69, 9.17) is 9.47 Å². The van der Waals surface area contributed by atoms with Gasteiger partial charge in [-0.25, -0.2) is 0 Å². The Morgan fingerprint density at radius 2 is 0.561 bits per heavy atom. The number of benzene rings is 2. The minimum atomic E-state index is -0.994. The van der Waals surface area contributed by atoms with Crippen molar-refractivity contribution in [2.45, 2.75) is 169 Å². The molecule has 0 amide bonds. The van der Waals surface area contributed by atoms with Crippen molar-refractivity contribution in [2.24, 2.45) is 0 Å². The van der Waals surface area contributed by atoms with Crippen molar-refractivity contribution in [3.05, 3.63) is 57.6 Å². The van der Waals surface area contributed by atoms with Crippen LogP contribution in [0.25, 0.3) is 0 Å². The third kappa shape index (κ3) is 8.80. The van der Waals surface area contributed by atoms with Gasteiger partial charge in [-0.05, 0) is 50.5 Å². The second kappa shape index (κ2) is 10.9. The van der Waals surface area contributed by atoms with Crippen LogP contribution in [-0.4, -0.2) is 20.9 Å². The third-order valence-corrected chi connectivity index (χ3v) is 7.99. The summed E-state index contributed by atoms with van der Waals surface area (Å²) in [7, 11) is 0.